The molecule has 128 valence electrons. The fourth-order valence-corrected chi connectivity index (χ4v) is 4.10. The summed E-state index contributed by atoms with van der Waals surface area (Å²) < 4.78 is 30.1. The second-order valence-electron chi connectivity index (χ2n) is 4.92. The van der Waals surface area contributed by atoms with E-state index in [0.717, 1.165) is 11.8 Å². The molecule has 0 spiro atoms. The quantitative estimate of drug-likeness (QED) is 0.471. The van der Waals surface area contributed by atoms with Crippen LogP contribution in [0.3, 0.4) is 0 Å². The zero-order valence-electron chi connectivity index (χ0n) is 12.4. The molecule has 0 atom stereocenters. The van der Waals surface area contributed by atoms with Gasteiger partial charge in [-0.3, -0.25) is 4.79 Å². The summed E-state index contributed by atoms with van der Waals surface area (Å²) in [6.07, 6.45) is 1.61. The molecule has 1 saturated heterocycles. The van der Waals surface area contributed by atoms with Crippen molar-refractivity contribution < 1.29 is 17.4 Å². The van der Waals surface area contributed by atoms with Crippen LogP contribution in [0.2, 0.25) is 5.02 Å². The van der Waals surface area contributed by atoms with E-state index in [1.807, 2.05) is 0 Å². The minimum Gasteiger partial charge on any atom is -0.379 e. The molecule has 0 radical (unpaired) electrons. The lowest BCUT2D eigenvalue weighted by Gasteiger charge is -2.07. The Hall–Kier alpha value is -1.87. The van der Waals surface area contributed by atoms with E-state index < -0.39 is 10.1 Å². The van der Waals surface area contributed by atoms with Crippen molar-refractivity contribution in [2.75, 3.05) is 0 Å². The van der Waals surface area contributed by atoms with E-state index >= 15 is 0 Å². The predicted octanol–water partition coefficient (Wildman–Crippen LogP) is 3.60. The van der Waals surface area contributed by atoms with Crippen molar-refractivity contribution in [3.8, 4) is 5.75 Å². The first-order valence-corrected chi connectivity index (χ1v) is 9.89. The number of nitrogens with one attached hydrogen (secondary N) is 1. The van der Waals surface area contributed by atoms with Crippen molar-refractivity contribution in [1.82, 2.24) is 5.32 Å². The molecule has 2 aromatic rings. The van der Waals surface area contributed by atoms with Gasteiger partial charge in [0, 0.05) is 5.02 Å². The molecule has 1 fully saturated rings. The van der Waals surface area contributed by atoms with Crippen molar-refractivity contribution in [1.29, 1.82) is 0 Å². The number of thioether (sulfide) groups is 1. The van der Waals surface area contributed by atoms with Crippen LogP contribution >= 0.6 is 35.6 Å². The first kappa shape index (κ1) is 17.9. The Balaban J connectivity index is 1.85. The number of hydrogen-bond acceptors (Lipinski definition) is 6. The van der Waals surface area contributed by atoms with Crippen LogP contribution in [0.25, 0.3) is 6.08 Å². The van der Waals surface area contributed by atoms with Gasteiger partial charge in [0.2, 0.25) is 0 Å². The highest BCUT2D eigenvalue weighted by molar-refractivity contribution is 8.26. The molecule has 1 N–H and O–H groups in total. The molecule has 1 amide bonds. The van der Waals surface area contributed by atoms with Gasteiger partial charge < -0.3 is 9.50 Å². The highest BCUT2D eigenvalue weighted by atomic mass is 35.5. The minimum absolute atomic E-state index is 0.00303. The van der Waals surface area contributed by atoms with Crippen LogP contribution in [-0.4, -0.2) is 18.6 Å². The van der Waals surface area contributed by atoms with Crippen LogP contribution in [0.5, 0.6) is 5.75 Å². The van der Waals surface area contributed by atoms with E-state index in [0.29, 0.717) is 19.8 Å². The summed E-state index contributed by atoms with van der Waals surface area (Å²) in [4.78, 5) is 12.1. The van der Waals surface area contributed by atoms with Crippen LogP contribution in [0, 0.1) is 0 Å². The Morgan fingerprint density at radius 2 is 1.88 bits per heavy atom. The maximum atomic E-state index is 12.3. The molecular formula is C16H10ClNO4S3. The van der Waals surface area contributed by atoms with Crippen LogP contribution < -0.4 is 9.50 Å². The van der Waals surface area contributed by atoms with Crippen LogP contribution in [-0.2, 0) is 14.9 Å². The number of amides is 1. The number of benzene rings is 2. The number of carbonyl (C=O) groups excluding carboxylic acids is 1. The standard InChI is InChI=1S/C16H10ClNO4S3/c17-11-4-6-13(7-5-11)25(20,21)22-12-3-1-2-10(8-12)9-14-15(19)18-16(23)24-14/h1-9H,(H,18,19,23)/b14-9+. The molecule has 1 aliphatic heterocycles. The second kappa shape index (κ2) is 7.17. The van der Waals surface area contributed by atoms with E-state index in [2.05, 4.69) is 5.32 Å². The number of thiocarbonyl (C=S) groups is 1. The lowest BCUT2D eigenvalue weighted by Crippen LogP contribution is -2.17. The Morgan fingerprint density at radius 3 is 2.52 bits per heavy atom. The van der Waals surface area contributed by atoms with E-state index in [1.165, 1.54) is 36.4 Å². The molecule has 25 heavy (non-hydrogen) atoms. The van der Waals surface area contributed by atoms with Crippen molar-refractivity contribution in [2.45, 2.75) is 4.90 Å². The number of hydrogen-bond donors (Lipinski definition) is 1. The van der Waals surface area contributed by atoms with Crippen LogP contribution in [0.15, 0.2) is 58.3 Å². The lowest BCUT2D eigenvalue weighted by atomic mass is 10.2. The van der Waals surface area contributed by atoms with Gasteiger partial charge in [-0.2, -0.15) is 8.42 Å². The molecule has 2 aromatic carbocycles. The molecule has 9 heteroatoms. The van der Waals surface area contributed by atoms with Gasteiger partial charge in [-0.15, -0.1) is 0 Å². The lowest BCUT2D eigenvalue weighted by molar-refractivity contribution is -0.115. The monoisotopic (exact) mass is 411 g/mol. The van der Waals surface area contributed by atoms with E-state index in [9.17, 15) is 13.2 Å². The highest BCUT2D eigenvalue weighted by Crippen LogP contribution is 2.27. The Kier molecular flexibility index (Phi) is 5.14. The zero-order valence-corrected chi connectivity index (χ0v) is 15.6. The van der Waals surface area contributed by atoms with Crippen molar-refractivity contribution in [3.05, 3.63) is 64.0 Å². The number of rotatable bonds is 4. The first-order chi connectivity index (χ1) is 11.8. The molecule has 5 nitrogen and oxygen atoms in total. The maximum absolute atomic E-state index is 12.3. The SMILES string of the molecule is O=C1NC(=S)S/C1=C/c1cccc(OS(=O)(=O)c2ccc(Cl)cc2)c1. The number of carbonyl (C=O) groups is 1. The third-order valence-electron chi connectivity index (χ3n) is 3.11. The minimum atomic E-state index is -3.98. The summed E-state index contributed by atoms with van der Waals surface area (Å²) in [7, 11) is -3.98. The largest absolute Gasteiger partial charge is 0.379 e. The third kappa shape index (κ3) is 4.40. The van der Waals surface area contributed by atoms with Gasteiger partial charge in [-0.1, -0.05) is 47.7 Å². The molecule has 1 heterocycles. The summed E-state index contributed by atoms with van der Waals surface area (Å²) in [5, 5.41) is 2.94. The molecule has 0 unspecified atom stereocenters. The van der Waals surface area contributed by atoms with Crippen LogP contribution in [0.1, 0.15) is 5.56 Å². The van der Waals surface area contributed by atoms with Gasteiger partial charge in [0.05, 0.1) is 4.91 Å². The summed E-state index contributed by atoms with van der Waals surface area (Å²) in [5.41, 5.74) is 0.617. The van der Waals surface area contributed by atoms with Gasteiger partial charge in [0.15, 0.2) is 0 Å². The van der Waals surface area contributed by atoms with E-state index in [1.54, 1.807) is 18.2 Å². The fraction of sp³-hybridized carbons (Fsp3) is 0. The molecular weight excluding hydrogens is 402 g/mol. The highest BCUT2D eigenvalue weighted by Gasteiger charge is 2.22. The molecule has 0 saturated carbocycles. The van der Waals surface area contributed by atoms with Crippen LogP contribution in [0.4, 0.5) is 0 Å². The van der Waals surface area contributed by atoms with Crippen molar-refractivity contribution in [2.24, 2.45) is 0 Å². The molecule has 0 aromatic heterocycles. The topological polar surface area (TPSA) is 72.5 Å². The predicted molar refractivity (Wildman–Crippen MR) is 102 cm³/mol. The van der Waals surface area contributed by atoms with Crippen molar-refractivity contribution in [3.63, 3.8) is 0 Å². The molecule has 0 bridgehead atoms. The average molecular weight is 412 g/mol. The van der Waals surface area contributed by atoms with Gasteiger partial charge in [-0.25, -0.2) is 0 Å². The fourth-order valence-electron chi connectivity index (χ4n) is 2.00. The molecule has 0 aliphatic carbocycles. The Bertz CT molecular complexity index is 985. The summed E-state index contributed by atoms with van der Waals surface area (Å²) in [6.45, 7) is 0. The van der Waals surface area contributed by atoms with Gasteiger partial charge in [0.25, 0.3) is 5.91 Å². The number of halogens is 1. The summed E-state index contributed by atoms with van der Waals surface area (Å²) >= 11 is 11.8. The summed E-state index contributed by atoms with van der Waals surface area (Å²) in [5.74, 6) is -0.148. The van der Waals surface area contributed by atoms with Gasteiger partial charge in [0.1, 0.15) is 15.0 Å². The summed E-state index contributed by atoms with van der Waals surface area (Å²) in [6, 6.07) is 12.1. The van der Waals surface area contributed by atoms with Gasteiger partial charge >= 0.3 is 10.1 Å². The normalized spacial score (nSPS) is 16.1. The van der Waals surface area contributed by atoms with Gasteiger partial charge in [-0.05, 0) is 48.0 Å². The van der Waals surface area contributed by atoms with E-state index in [-0.39, 0.29) is 16.6 Å². The smallest absolute Gasteiger partial charge is 0.339 e. The zero-order chi connectivity index (χ0) is 18.0. The Morgan fingerprint density at radius 1 is 1.16 bits per heavy atom. The molecule has 3 rings (SSSR count). The average Bonchev–Trinajstić information content (AvgIpc) is 2.85. The third-order valence-corrected chi connectivity index (χ3v) is 5.78. The second-order valence-corrected chi connectivity index (χ2v) is 8.62. The van der Waals surface area contributed by atoms with Crippen molar-refractivity contribution >= 4 is 62.0 Å². The molecule has 1 aliphatic rings. The van der Waals surface area contributed by atoms with E-state index in [4.69, 9.17) is 28.0 Å². The Labute approximate surface area is 159 Å². The maximum Gasteiger partial charge on any atom is 0.339 e. The first-order valence-electron chi connectivity index (χ1n) is 6.88.